The molecule has 0 bridgehead atoms. The molecule has 0 amide bonds. The van der Waals surface area contributed by atoms with Gasteiger partial charge in [-0.3, -0.25) is 4.90 Å². The molecule has 0 radical (unpaired) electrons. The molecule has 3 rings (SSSR count). The van der Waals surface area contributed by atoms with Crippen LogP contribution in [0.15, 0.2) is 18.2 Å². The van der Waals surface area contributed by atoms with Crippen LogP contribution in [0.1, 0.15) is 26.2 Å². The van der Waals surface area contributed by atoms with Crippen molar-refractivity contribution < 1.29 is 4.74 Å². The Bertz CT molecular complexity index is 465. The Kier molecular flexibility index (Phi) is 4.54. The molecule has 2 aliphatic rings. The van der Waals surface area contributed by atoms with Gasteiger partial charge in [0.2, 0.25) is 0 Å². The molecule has 2 N–H and O–H groups in total. The Morgan fingerprint density at radius 3 is 2.62 bits per heavy atom. The molecule has 2 fully saturated rings. The maximum absolute atomic E-state index is 6.30. The summed E-state index contributed by atoms with van der Waals surface area (Å²) < 4.78 is 5.74. The third-order valence-electron chi connectivity index (χ3n) is 4.43. The lowest BCUT2D eigenvalue weighted by atomic mass is 10.2. The fraction of sp³-hybridized carbons (Fsp3) is 0.647. The van der Waals surface area contributed by atoms with E-state index in [0.717, 1.165) is 62.2 Å². The van der Waals surface area contributed by atoms with E-state index in [2.05, 4.69) is 22.8 Å². The predicted molar refractivity (Wildman–Crippen MR) is 88.0 cm³/mol. The second kappa shape index (κ2) is 6.56. The third kappa shape index (κ3) is 3.62. The van der Waals surface area contributed by atoms with Gasteiger partial charge < -0.3 is 15.4 Å². The van der Waals surface area contributed by atoms with Crippen molar-refractivity contribution in [2.24, 2.45) is 5.92 Å². The molecule has 0 spiro atoms. The maximum Gasteiger partial charge on any atom is 0.144 e. The van der Waals surface area contributed by atoms with E-state index in [1.54, 1.807) is 0 Å². The summed E-state index contributed by atoms with van der Waals surface area (Å²) in [6.07, 6.45) is 3.87. The SMILES string of the molecule is CCCOc1cccc(N2CCN(CC3CC3)CC2)c1N. The molecule has 0 unspecified atom stereocenters. The lowest BCUT2D eigenvalue weighted by molar-refractivity contribution is 0.248. The number of nitrogens with zero attached hydrogens (tertiary/aromatic N) is 2. The molecule has 4 heteroatoms. The first-order valence-corrected chi connectivity index (χ1v) is 8.26. The van der Waals surface area contributed by atoms with Crippen LogP contribution >= 0.6 is 0 Å². The first-order valence-electron chi connectivity index (χ1n) is 8.26. The van der Waals surface area contributed by atoms with E-state index in [1.165, 1.54) is 19.4 Å². The molecule has 1 aromatic rings. The Labute approximate surface area is 127 Å². The van der Waals surface area contributed by atoms with Crippen molar-refractivity contribution in [2.45, 2.75) is 26.2 Å². The van der Waals surface area contributed by atoms with Crippen LogP contribution in [0.4, 0.5) is 11.4 Å². The molecule has 1 heterocycles. The number of hydrogen-bond acceptors (Lipinski definition) is 4. The molecule has 1 saturated heterocycles. The molecule has 21 heavy (non-hydrogen) atoms. The minimum Gasteiger partial charge on any atom is -0.491 e. The third-order valence-corrected chi connectivity index (χ3v) is 4.43. The summed E-state index contributed by atoms with van der Waals surface area (Å²) in [5.74, 6) is 1.81. The van der Waals surface area contributed by atoms with E-state index in [-0.39, 0.29) is 0 Å². The van der Waals surface area contributed by atoms with Crippen LogP contribution in [0.25, 0.3) is 0 Å². The molecular weight excluding hydrogens is 262 g/mol. The Balaban J connectivity index is 1.61. The van der Waals surface area contributed by atoms with Crippen molar-refractivity contribution in [3.8, 4) is 5.75 Å². The van der Waals surface area contributed by atoms with E-state index >= 15 is 0 Å². The summed E-state index contributed by atoms with van der Waals surface area (Å²) in [6, 6.07) is 6.13. The number of piperazine rings is 1. The lowest BCUT2D eigenvalue weighted by Crippen LogP contribution is -2.47. The van der Waals surface area contributed by atoms with Crippen molar-refractivity contribution >= 4 is 11.4 Å². The Morgan fingerprint density at radius 2 is 1.95 bits per heavy atom. The van der Waals surface area contributed by atoms with Gasteiger partial charge in [-0.15, -0.1) is 0 Å². The van der Waals surface area contributed by atoms with Crippen molar-refractivity contribution in [1.82, 2.24) is 4.90 Å². The number of rotatable bonds is 6. The number of nitrogens with two attached hydrogens (primary N) is 1. The zero-order valence-corrected chi connectivity index (χ0v) is 13.1. The van der Waals surface area contributed by atoms with Crippen molar-refractivity contribution in [1.29, 1.82) is 0 Å². The first kappa shape index (κ1) is 14.5. The van der Waals surface area contributed by atoms with Crippen LogP contribution in [0.5, 0.6) is 5.75 Å². The van der Waals surface area contributed by atoms with Gasteiger partial charge >= 0.3 is 0 Å². The van der Waals surface area contributed by atoms with Crippen molar-refractivity contribution in [3.63, 3.8) is 0 Å². The molecule has 1 aliphatic heterocycles. The highest BCUT2D eigenvalue weighted by atomic mass is 16.5. The monoisotopic (exact) mass is 289 g/mol. The Hall–Kier alpha value is -1.42. The maximum atomic E-state index is 6.30. The second-order valence-corrected chi connectivity index (χ2v) is 6.27. The topological polar surface area (TPSA) is 41.7 Å². The van der Waals surface area contributed by atoms with Gasteiger partial charge in [-0.05, 0) is 37.3 Å². The van der Waals surface area contributed by atoms with Gasteiger partial charge in [0, 0.05) is 32.7 Å². The van der Waals surface area contributed by atoms with Crippen LogP contribution in [0.3, 0.4) is 0 Å². The molecule has 1 saturated carbocycles. The largest absolute Gasteiger partial charge is 0.491 e. The smallest absolute Gasteiger partial charge is 0.144 e. The van der Waals surface area contributed by atoms with Gasteiger partial charge in [0.1, 0.15) is 5.75 Å². The molecular formula is C17H27N3O. The molecule has 0 atom stereocenters. The van der Waals surface area contributed by atoms with Gasteiger partial charge in [-0.25, -0.2) is 0 Å². The number of anilines is 2. The molecule has 4 nitrogen and oxygen atoms in total. The van der Waals surface area contributed by atoms with Crippen LogP contribution in [-0.4, -0.2) is 44.2 Å². The van der Waals surface area contributed by atoms with Gasteiger partial charge in [-0.2, -0.15) is 0 Å². The number of nitrogen functional groups attached to an aromatic ring is 1. The van der Waals surface area contributed by atoms with Gasteiger partial charge in [-0.1, -0.05) is 13.0 Å². The molecule has 1 aromatic carbocycles. The highest BCUT2D eigenvalue weighted by molar-refractivity contribution is 5.74. The summed E-state index contributed by atoms with van der Waals surface area (Å²) in [6.45, 7) is 8.55. The number of benzene rings is 1. The number of hydrogen-bond donors (Lipinski definition) is 1. The van der Waals surface area contributed by atoms with Gasteiger partial charge in [0.25, 0.3) is 0 Å². The minimum absolute atomic E-state index is 0.725. The summed E-state index contributed by atoms with van der Waals surface area (Å²) in [4.78, 5) is 5.00. The highest BCUT2D eigenvalue weighted by Gasteiger charge is 2.27. The van der Waals surface area contributed by atoms with E-state index in [4.69, 9.17) is 10.5 Å². The first-order chi connectivity index (χ1) is 10.3. The summed E-state index contributed by atoms with van der Waals surface area (Å²) in [5, 5.41) is 0. The van der Waals surface area contributed by atoms with Crippen molar-refractivity contribution in [3.05, 3.63) is 18.2 Å². The normalized spacial score (nSPS) is 19.8. The van der Waals surface area contributed by atoms with E-state index < -0.39 is 0 Å². The quantitative estimate of drug-likeness (QED) is 0.817. The summed E-state index contributed by atoms with van der Waals surface area (Å²) in [7, 11) is 0. The summed E-state index contributed by atoms with van der Waals surface area (Å²) in [5.41, 5.74) is 8.23. The minimum atomic E-state index is 0.725. The van der Waals surface area contributed by atoms with E-state index in [9.17, 15) is 0 Å². The van der Waals surface area contributed by atoms with Crippen LogP contribution in [0.2, 0.25) is 0 Å². The number of para-hydroxylation sites is 1. The Morgan fingerprint density at radius 1 is 1.19 bits per heavy atom. The van der Waals surface area contributed by atoms with Crippen molar-refractivity contribution in [2.75, 3.05) is 50.0 Å². The number of ether oxygens (including phenoxy) is 1. The summed E-state index contributed by atoms with van der Waals surface area (Å²) >= 11 is 0. The lowest BCUT2D eigenvalue weighted by Gasteiger charge is -2.36. The zero-order valence-electron chi connectivity index (χ0n) is 13.1. The predicted octanol–water partition coefficient (Wildman–Crippen LogP) is 2.59. The molecule has 116 valence electrons. The van der Waals surface area contributed by atoms with E-state index in [0.29, 0.717) is 0 Å². The van der Waals surface area contributed by atoms with Crippen LogP contribution < -0.4 is 15.4 Å². The average Bonchev–Trinajstić information content (AvgIpc) is 3.31. The fourth-order valence-electron chi connectivity index (χ4n) is 2.98. The van der Waals surface area contributed by atoms with E-state index in [1.807, 2.05) is 12.1 Å². The molecule has 0 aromatic heterocycles. The van der Waals surface area contributed by atoms with Gasteiger partial charge in [0.15, 0.2) is 0 Å². The second-order valence-electron chi connectivity index (χ2n) is 6.27. The highest BCUT2D eigenvalue weighted by Crippen LogP contribution is 2.34. The molecule has 1 aliphatic carbocycles. The average molecular weight is 289 g/mol. The van der Waals surface area contributed by atoms with Crippen LogP contribution in [0, 0.1) is 5.92 Å². The zero-order chi connectivity index (χ0) is 14.7. The fourth-order valence-corrected chi connectivity index (χ4v) is 2.98. The standard InChI is InChI=1S/C17H27N3O/c1-2-12-21-16-5-3-4-15(17(16)18)20-10-8-19(9-11-20)13-14-6-7-14/h3-5,14H,2,6-13,18H2,1H3. The van der Waals surface area contributed by atoms with Gasteiger partial charge in [0.05, 0.1) is 18.0 Å². The van der Waals surface area contributed by atoms with Crippen LogP contribution in [-0.2, 0) is 0 Å².